The van der Waals surface area contributed by atoms with Crippen LogP contribution < -0.4 is 9.30 Å². The first-order valence-electron chi connectivity index (χ1n) is 27.1. The SMILES string of the molecule is CC(C)(C)c1ccnc(-n2c3[c-]c(Oc4[c-]c(-n5[c-][n+]6c7c(cccc75)-c5cccc(C78c9ccccc9C9c%10ccccc%10C97c7ccccc78)c5-c5ccccc5-c5ccccc5-6)ccc4)ccc3c3ccccc32)c1.[Pt]. The van der Waals surface area contributed by atoms with Crippen LogP contribution >= 0.6 is 0 Å². The van der Waals surface area contributed by atoms with Gasteiger partial charge in [-0.2, -0.15) is 18.2 Å². The van der Waals surface area contributed by atoms with Crippen molar-refractivity contribution in [3.63, 3.8) is 0 Å². The van der Waals surface area contributed by atoms with Crippen LogP contribution in [0.5, 0.6) is 11.5 Å². The van der Waals surface area contributed by atoms with Crippen molar-refractivity contribution in [2.45, 2.75) is 42.9 Å². The van der Waals surface area contributed by atoms with Crippen LogP contribution in [-0.2, 0) is 37.3 Å². The molecule has 0 radical (unpaired) electrons. The third-order valence-corrected chi connectivity index (χ3v) is 17.8. The van der Waals surface area contributed by atoms with Crippen LogP contribution in [0.2, 0.25) is 0 Å². The minimum Gasteiger partial charge on any atom is -0.510 e. The second kappa shape index (κ2) is 16.6. The van der Waals surface area contributed by atoms with Gasteiger partial charge in [0.05, 0.1) is 22.1 Å². The second-order valence-electron chi connectivity index (χ2n) is 22.5. The maximum Gasteiger partial charge on any atom is 0.268 e. The van der Waals surface area contributed by atoms with E-state index in [1.807, 2.05) is 24.4 Å². The van der Waals surface area contributed by atoms with Gasteiger partial charge in [-0.15, -0.1) is 29.7 Å². The minimum atomic E-state index is -0.449. The van der Waals surface area contributed by atoms with Gasteiger partial charge in [-0.05, 0) is 119 Å². The molecular formula is C73H48N4OPt-2. The number of para-hydroxylation sites is 3. The first kappa shape index (κ1) is 46.2. The van der Waals surface area contributed by atoms with E-state index < -0.39 is 5.41 Å². The van der Waals surface area contributed by atoms with Gasteiger partial charge in [0, 0.05) is 55.6 Å². The monoisotopic (exact) mass is 1190 g/mol. The average Bonchev–Trinajstić information content (AvgIpc) is 1.57. The first-order valence-corrected chi connectivity index (χ1v) is 27.1. The smallest absolute Gasteiger partial charge is 0.268 e. The van der Waals surface area contributed by atoms with Crippen molar-refractivity contribution >= 4 is 32.8 Å². The zero-order chi connectivity index (χ0) is 51.6. The predicted octanol–water partition coefficient (Wildman–Crippen LogP) is 16.3. The summed E-state index contributed by atoms with van der Waals surface area (Å²) in [6.45, 7) is 6.70. The molecule has 79 heavy (non-hydrogen) atoms. The van der Waals surface area contributed by atoms with Gasteiger partial charge < -0.3 is 13.9 Å². The van der Waals surface area contributed by atoms with Gasteiger partial charge in [0.1, 0.15) is 5.82 Å². The molecule has 3 aromatic heterocycles. The minimum absolute atomic E-state index is 0. The predicted molar refractivity (Wildman–Crippen MR) is 310 cm³/mol. The number of hydrogen-bond acceptors (Lipinski definition) is 2. The maximum absolute atomic E-state index is 6.79. The van der Waals surface area contributed by atoms with Gasteiger partial charge in [-0.1, -0.05) is 196 Å². The summed E-state index contributed by atoms with van der Waals surface area (Å²) < 4.78 is 13.4. The number of benzene rings is 10. The molecule has 3 unspecified atom stereocenters. The van der Waals surface area contributed by atoms with Crippen LogP contribution in [0.4, 0.5) is 0 Å². The Kier molecular flexibility index (Phi) is 9.69. The topological polar surface area (TPSA) is 35.9 Å². The molecule has 4 heterocycles. The zero-order valence-corrected chi connectivity index (χ0v) is 45.8. The van der Waals surface area contributed by atoms with Crippen LogP contribution in [0.1, 0.15) is 71.2 Å². The van der Waals surface area contributed by atoms with E-state index in [0.29, 0.717) is 11.5 Å². The fourth-order valence-corrected chi connectivity index (χ4v) is 14.9. The number of pyridine rings is 1. The van der Waals surface area contributed by atoms with Crippen molar-refractivity contribution in [1.29, 1.82) is 0 Å². The summed E-state index contributed by atoms with van der Waals surface area (Å²) in [6, 6.07) is 90.1. The number of hydrogen-bond donors (Lipinski definition) is 0. The van der Waals surface area contributed by atoms with E-state index in [4.69, 9.17) is 9.72 Å². The molecule has 3 aliphatic carbocycles. The quantitative estimate of drug-likeness (QED) is 0.127. The molecule has 3 atom stereocenters. The molecule has 0 fully saturated rings. The van der Waals surface area contributed by atoms with E-state index in [2.05, 4.69) is 259 Å². The molecule has 6 heteroatoms. The molecule has 0 amide bonds. The van der Waals surface area contributed by atoms with Crippen molar-refractivity contribution < 1.29 is 30.4 Å². The molecule has 5 nitrogen and oxygen atoms in total. The number of ether oxygens (including phenoxy) is 1. The molecule has 0 bridgehead atoms. The number of aromatic nitrogens is 4. The van der Waals surface area contributed by atoms with Crippen molar-refractivity contribution in [2.24, 2.45) is 0 Å². The average molecular weight is 1190 g/mol. The summed E-state index contributed by atoms with van der Waals surface area (Å²) >= 11 is 0. The molecule has 0 N–H and O–H groups in total. The Bertz CT molecular complexity index is 4740. The Hall–Kier alpha value is -8.89. The molecule has 1 aliphatic heterocycles. The molecule has 10 aromatic carbocycles. The number of nitrogens with zero attached hydrogens (tertiary/aromatic N) is 4. The van der Waals surface area contributed by atoms with Gasteiger partial charge in [-0.3, -0.25) is 4.57 Å². The van der Waals surface area contributed by atoms with Crippen LogP contribution in [0.3, 0.4) is 0 Å². The van der Waals surface area contributed by atoms with Crippen LogP contribution in [-0.4, -0.2) is 14.1 Å². The molecule has 4 aliphatic rings. The Labute approximate surface area is 473 Å². The Morgan fingerprint density at radius 3 is 2.00 bits per heavy atom. The Morgan fingerprint density at radius 1 is 0.519 bits per heavy atom. The van der Waals surface area contributed by atoms with Crippen molar-refractivity contribution in [3.8, 4) is 62.1 Å². The largest absolute Gasteiger partial charge is 0.510 e. The molecule has 378 valence electrons. The summed E-state index contributed by atoms with van der Waals surface area (Å²) in [5.41, 5.74) is 23.4. The molecular weight excluding hydrogens is 1140 g/mol. The number of fused-ring (bicyclic) bond motifs is 17. The van der Waals surface area contributed by atoms with Crippen LogP contribution in [0, 0.1) is 18.5 Å². The van der Waals surface area contributed by atoms with Gasteiger partial charge >= 0.3 is 0 Å². The van der Waals surface area contributed by atoms with Crippen molar-refractivity contribution in [2.75, 3.05) is 0 Å². The zero-order valence-electron chi connectivity index (χ0n) is 43.5. The Morgan fingerprint density at radius 2 is 1.15 bits per heavy atom. The van der Waals surface area contributed by atoms with Crippen molar-refractivity contribution in [1.82, 2.24) is 14.1 Å². The summed E-state index contributed by atoms with van der Waals surface area (Å²) in [6.07, 6.45) is 5.82. The van der Waals surface area contributed by atoms with Crippen LogP contribution in [0.25, 0.3) is 83.4 Å². The summed E-state index contributed by atoms with van der Waals surface area (Å²) in [7, 11) is 0. The maximum atomic E-state index is 6.79. The number of rotatable bonds is 5. The van der Waals surface area contributed by atoms with Crippen LogP contribution in [0.15, 0.2) is 231 Å². The van der Waals surface area contributed by atoms with E-state index in [1.165, 1.54) is 66.8 Å². The van der Waals surface area contributed by atoms with Gasteiger partial charge in [-0.25, -0.2) is 4.98 Å². The van der Waals surface area contributed by atoms with E-state index in [1.54, 1.807) is 0 Å². The van der Waals surface area contributed by atoms with E-state index in [0.717, 1.165) is 61.2 Å². The summed E-state index contributed by atoms with van der Waals surface area (Å²) in [4.78, 5) is 4.90. The third kappa shape index (κ3) is 5.93. The first-order chi connectivity index (χ1) is 38.3. The molecule has 17 rings (SSSR count). The van der Waals surface area contributed by atoms with E-state index in [-0.39, 0.29) is 37.8 Å². The van der Waals surface area contributed by atoms with E-state index in [9.17, 15) is 0 Å². The molecule has 13 aromatic rings. The Balaban J connectivity index is 0.00000520. The third-order valence-electron chi connectivity index (χ3n) is 17.8. The normalized spacial score (nSPS) is 17.7. The van der Waals surface area contributed by atoms with Gasteiger partial charge in [0.2, 0.25) is 0 Å². The van der Waals surface area contributed by atoms with Gasteiger partial charge in [0.25, 0.3) is 6.33 Å². The molecule has 1 spiro atoms. The van der Waals surface area contributed by atoms with Crippen molar-refractivity contribution in [3.05, 3.63) is 294 Å². The molecule has 0 saturated heterocycles. The van der Waals surface area contributed by atoms with E-state index >= 15 is 0 Å². The fourth-order valence-electron chi connectivity index (χ4n) is 14.9. The second-order valence-corrected chi connectivity index (χ2v) is 22.5. The molecule has 0 saturated carbocycles. The summed E-state index contributed by atoms with van der Waals surface area (Å²) in [5, 5.41) is 2.22. The summed E-state index contributed by atoms with van der Waals surface area (Å²) in [5.74, 6) is 2.25. The standard InChI is InChI=1S/C73H48N4O.Pt/c1-71(2,3)45-39-40-74-67(41-45)77-64-35-15-9-23-51(64)52-38-37-48(43-66(52)77)78-47-20-16-19-46(42-47)75-44-76-63-34-14-8-22-50(63)49-21-4-5-24-53(49)68-54(55-28-18-36-65(75)70(55)76)27-17-33-62(68)72-58-29-10-6-25-56(58)69-57-26-7-11-30-59(57)73(69,72)61-32-13-12-31-60(61)72;/h4-41,69H,1-3H3;/q-2;. The fraction of sp³-hybridized carbons (Fsp3) is 0.0959. The van der Waals surface area contributed by atoms with Gasteiger partial charge in [0.15, 0.2) is 0 Å². The number of imidazole rings is 1.